The number of hydrogen-bond donors (Lipinski definition) is 1. The van der Waals surface area contributed by atoms with Gasteiger partial charge in [0.1, 0.15) is 0 Å². The first-order valence-electron chi connectivity index (χ1n) is 4.24. The van der Waals surface area contributed by atoms with Gasteiger partial charge in [-0.2, -0.15) is 0 Å². The van der Waals surface area contributed by atoms with Gasteiger partial charge in [-0.15, -0.1) is 23.4 Å². The molecule has 0 radical (unpaired) electrons. The van der Waals surface area contributed by atoms with Crippen molar-refractivity contribution in [1.29, 1.82) is 0 Å². The van der Waals surface area contributed by atoms with Crippen molar-refractivity contribution in [2.75, 3.05) is 12.3 Å². The molecular formula is C9H11N3OS2. The van der Waals surface area contributed by atoms with Crippen LogP contribution in [0.15, 0.2) is 29.6 Å². The summed E-state index contributed by atoms with van der Waals surface area (Å²) >= 11 is 2.79. The second-order valence-corrected chi connectivity index (χ2v) is 4.72. The number of aromatic nitrogens is 2. The van der Waals surface area contributed by atoms with E-state index in [-0.39, 0.29) is 5.91 Å². The lowest BCUT2D eigenvalue weighted by Gasteiger charge is -1.95. The van der Waals surface area contributed by atoms with Crippen molar-refractivity contribution < 1.29 is 4.79 Å². The zero-order chi connectivity index (χ0) is 11.1. The molecule has 0 bridgehead atoms. The molecule has 0 atom stereocenters. The minimum absolute atomic E-state index is 0.210. The molecule has 0 aliphatic carbocycles. The van der Waals surface area contributed by atoms with Gasteiger partial charge in [-0.25, -0.2) is 0 Å². The summed E-state index contributed by atoms with van der Waals surface area (Å²) in [7, 11) is 0. The van der Waals surface area contributed by atoms with Crippen molar-refractivity contribution in [3.05, 3.63) is 30.3 Å². The third kappa shape index (κ3) is 3.85. The average Bonchev–Trinajstić information content (AvgIpc) is 2.71. The molecule has 1 aromatic rings. The van der Waals surface area contributed by atoms with Gasteiger partial charge < -0.3 is 5.32 Å². The average molecular weight is 241 g/mol. The zero-order valence-electron chi connectivity index (χ0n) is 8.10. The van der Waals surface area contributed by atoms with Crippen molar-refractivity contribution >= 4 is 29.0 Å². The van der Waals surface area contributed by atoms with E-state index in [1.165, 1.54) is 23.1 Å². The molecule has 0 spiro atoms. The minimum Gasteiger partial charge on any atom is -0.346 e. The Morgan fingerprint density at radius 2 is 2.27 bits per heavy atom. The summed E-state index contributed by atoms with van der Waals surface area (Å²) in [4.78, 5) is 11.4. The highest BCUT2D eigenvalue weighted by molar-refractivity contribution is 8.01. The molecule has 1 aromatic heterocycles. The Morgan fingerprint density at radius 1 is 1.47 bits per heavy atom. The monoisotopic (exact) mass is 241 g/mol. The molecule has 6 heteroatoms. The predicted octanol–water partition coefficient (Wildman–Crippen LogP) is 1.73. The number of carbonyl (C=O) groups excluding carboxylic acids is 1. The van der Waals surface area contributed by atoms with Gasteiger partial charge in [-0.1, -0.05) is 35.3 Å². The minimum atomic E-state index is -0.210. The molecule has 0 aromatic carbocycles. The van der Waals surface area contributed by atoms with Gasteiger partial charge in [0.15, 0.2) is 4.34 Å². The fourth-order valence-electron chi connectivity index (χ4n) is 0.731. The molecule has 0 aliphatic heterocycles. The molecule has 0 aliphatic rings. The van der Waals surface area contributed by atoms with Gasteiger partial charge in [-0.05, 0) is 0 Å². The summed E-state index contributed by atoms with van der Waals surface area (Å²) in [6.07, 6.45) is 3.40. The Balaban J connectivity index is 2.54. The molecule has 1 heterocycles. The number of thioether (sulfide) groups is 1. The van der Waals surface area contributed by atoms with Crippen LogP contribution in [0.1, 0.15) is 9.80 Å². The maximum Gasteiger partial charge on any atom is 0.282 e. The van der Waals surface area contributed by atoms with Crippen LogP contribution < -0.4 is 5.32 Å². The van der Waals surface area contributed by atoms with Crippen LogP contribution in [0, 0.1) is 0 Å². The number of nitrogens with zero attached hydrogens (tertiary/aromatic N) is 2. The zero-order valence-corrected chi connectivity index (χ0v) is 9.74. The highest BCUT2D eigenvalue weighted by atomic mass is 32.2. The van der Waals surface area contributed by atoms with E-state index in [2.05, 4.69) is 28.7 Å². The first-order chi connectivity index (χ1) is 7.27. The van der Waals surface area contributed by atoms with Crippen LogP contribution in [0.2, 0.25) is 0 Å². The van der Waals surface area contributed by atoms with Crippen LogP contribution in [-0.2, 0) is 0 Å². The summed E-state index contributed by atoms with van der Waals surface area (Å²) in [5.41, 5.74) is 0. The van der Waals surface area contributed by atoms with E-state index in [9.17, 15) is 4.79 Å². The molecule has 0 saturated carbocycles. The summed E-state index contributed by atoms with van der Waals surface area (Å²) in [5, 5.41) is 10.7. The molecule has 1 amide bonds. The molecule has 80 valence electrons. The Morgan fingerprint density at radius 3 is 2.93 bits per heavy atom. The number of nitrogens with one attached hydrogen (secondary N) is 1. The molecule has 1 N–H and O–H groups in total. The smallest absolute Gasteiger partial charge is 0.282 e. The van der Waals surface area contributed by atoms with Gasteiger partial charge >= 0.3 is 0 Å². The third-order valence-corrected chi connectivity index (χ3v) is 3.38. The molecule has 4 nitrogen and oxygen atoms in total. The normalized spacial score (nSPS) is 9.60. The van der Waals surface area contributed by atoms with Crippen molar-refractivity contribution in [2.45, 2.75) is 4.34 Å². The predicted molar refractivity (Wildman–Crippen MR) is 63.4 cm³/mol. The number of carbonyl (C=O) groups is 1. The van der Waals surface area contributed by atoms with E-state index >= 15 is 0 Å². The van der Waals surface area contributed by atoms with Gasteiger partial charge in [0.25, 0.3) is 5.91 Å². The van der Waals surface area contributed by atoms with Gasteiger partial charge in [0, 0.05) is 12.3 Å². The SMILES string of the molecule is C=CCNC(=O)c1nnc(SCC=C)s1. The number of rotatable bonds is 6. The summed E-state index contributed by atoms with van der Waals surface area (Å²) in [6.45, 7) is 7.55. The van der Waals surface area contributed by atoms with Crippen LogP contribution in [0.4, 0.5) is 0 Å². The Bertz CT molecular complexity index is 362. The van der Waals surface area contributed by atoms with Crippen LogP contribution in [0.5, 0.6) is 0 Å². The van der Waals surface area contributed by atoms with Crippen molar-refractivity contribution in [1.82, 2.24) is 15.5 Å². The first-order valence-corrected chi connectivity index (χ1v) is 6.04. The summed E-state index contributed by atoms with van der Waals surface area (Å²) < 4.78 is 0.777. The fraction of sp³-hybridized carbons (Fsp3) is 0.222. The van der Waals surface area contributed by atoms with Crippen LogP contribution in [0.3, 0.4) is 0 Å². The molecular weight excluding hydrogens is 230 g/mol. The highest BCUT2D eigenvalue weighted by Crippen LogP contribution is 2.21. The Labute approximate surface area is 96.5 Å². The lowest BCUT2D eigenvalue weighted by atomic mass is 10.5. The van der Waals surface area contributed by atoms with E-state index in [0.717, 1.165) is 10.1 Å². The first kappa shape index (κ1) is 11.9. The summed E-state index contributed by atoms with van der Waals surface area (Å²) in [5.74, 6) is 0.556. The summed E-state index contributed by atoms with van der Waals surface area (Å²) in [6, 6.07) is 0. The second kappa shape index (κ2) is 6.36. The maximum absolute atomic E-state index is 11.4. The highest BCUT2D eigenvalue weighted by Gasteiger charge is 2.11. The molecule has 0 saturated heterocycles. The van der Waals surface area contributed by atoms with Gasteiger partial charge in [0.05, 0.1) is 0 Å². The maximum atomic E-state index is 11.4. The van der Waals surface area contributed by atoms with Crippen LogP contribution in [0.25, 0.3) is 0 Å². The van der Waals surface area contributed by atoms with E-state index in [4.69, 9.17) is 0 Å². The Hall–Kier alpha value is -1.14. The fourth-order valence-corrected chi connectivity index (χ4v) is 2.26. The van der Waals surface area contributed by atoms with E-state index in [0.29, 0.717) is 11.6 Å². The topological polar surface area (TPSA) is 54.9 Å². The van der Waals surface area contributed by atoms with Crippen LogP contribution in [-0.4, -0.2) is 28.4 Å². The van der Waals surface area contributed by atoms with Crippen molar-refractivity contribution in [3.63, 3.8) is 0 Å². The number of amides is 1. The van der Waals surface area contributed by atoms with Gasteiger partial charge in [0.2, 0.25) is 5.01 Å². The van der Waals surface area contributed by atoms with E-state index in [1.54, 1.807) is 12.2 Å². The quantitative estimate of drug-likeness (QED) is 0.609. The largest absolute Gasteiger partial charge is 0.346 e. The molecule has 0 fully saturated rings. The third-order valence-electron chi connectivity index (χ3n) is 1.33. The molecule has 0 unspecified atom stereocenters. The van der Waals surface area contributed by atoms with Crippen LogP contribution >= 0.6 is 23.1 Å². The standard InChI is InChI=1S/C9H11N3OS2/c1-3-5-10-7(13)8-11-12-9(15-8)14-6-4-2/h3-4H,1-2,5-6H2,(H,10,13). The van der Waals surface area contributed by atoms with Crippen molar-refractivity contribution in [2.24, 2.45) is 0 Å². The van der Waals surface area contributed by atoms with Crippen molar-refractivity contribution in [3.8, 4) is 0 Å². The molecule has 15 heavy (non-hydrogen) atoms. The Kier molecular flexibility index (Phi) is 5.06. The van der Waals surface area contributed by atoms with E-state index < -0.39 is 0 Å². The second-order valence-electron chi connectivity index (χ2n) is 2.47. The number of hydrogen-bond acceptors (Lipinski definition) is 5. The molecule has 1 rings (SSSR count). The lowest BCUT2D eigenvalue weighted by Crippen LogP contribution is -2.22. The lowest BCUT2D eigenvalue weighted by molar-refractivity contribution is 0.0957. The van der Waals surface area contributed by atoms with Gasteiger partial charge in [-0.3, -0.25) is 4.79 Å². The van der Waals surface area contributed by atoms with E-state index in [1.807, 2.05) is 0 Å².